The third kappa shape index (κ3) is 36.7. The number of carbonyl (C=O) groups is 2. The highest BCUT2D eigenvalue weighted by Crippen LogP contribution is 2.12. The van der Waals surface area contributed by atoms with Crippen LogP contribution in [0.3, 0.4) is 0 Å². The lowest BCUT2D eigenvalue weighted by Crippen LogP contribution is -2.28. The predicted molar refractivity (Wildman–Crippen MR) is 193 cm³/mol. The number of ether oxygens (including phenoxy) is 2. The van der Waals surface area contributed by atoms with Gasteiger partial charge < -0.3 is 9.47 Å². The van der Waals surface area contributed by atoms with E-state index in [-0.39, 0.29) is 18.7 Å². The summed E-state index contributed by atoms with van der Waals surface area (Å²) in [6, 6.07) is 0. The fraction of sp³-hybridized carbons (Fsp3) is 0.850. The smallest absolute Gasteiger partial charge is 0.307 e. The first kappa shape index (κ1) is 43.4. The van der Waals surface area contributed by atoms with Crippen LogP contribution < -0.4 is 0 Å². The van der Waals surface area contributed by atoms with E-state index in [1.165, 1.54) is 141 Å². The molecule has 0 spiro atoms. The Balaban J connectivity index is 3.44. The van der Waals surface area contributed by atoms with Gasteiger partial charge in [0.05, 0.1) is 0 Å². The van der Waals surface area contributed by atoms with Crippen molar-refractivity contribution in [3.63, 3.8) is 0 Å². The van der Waals surface area contributed by atoms with E-state index >= 15 is 0 Å². The van der Waals surface area contributed by atoms with Crippen LogP contribution in [0.4, 0.5) is 0 Å². The molecule has 0 aromatic carbocycles. The topological polar surface area (TPSA) is 55.8 Å². The first-order valence-electron chi connectivity index (χ1n) is 19.4. The van der Waals surface area contributed by atoms with E-state index in [0.717, 1.165) is 25.7 Å². The first-order valence-corrected chi connectivity index (χ1v) is 19.4. The SMILES string of the molecule is CCCCCCCC/C=C\CCCCCCCC(=O)OCCN(C)COC(=O)CCCCCCC/C=C\CCCCCCCC. The molecule has 0 radical (unpaired) electrons. The van der Waals surface area contributed by atoms with Crippen LogP contribution in [-0.2, 0) is 19.1 Å². The third-order valence-corrected chi connectivity index (χ3v) is 8.47. The highest BCUT2D eigenvalue weighted by atomic mass is 16.5. The zero-order valence-electron chi connectivity index (χ0n) is 30.3. The molecule has 0 saturated heterocycles. The second-order valence-electron chi connectivity index (χ2n) is 13.1. The molecule has 5 heteroatoms. The standard InChI is InChI=1S/C40H75NO4/c1-4-6-8-10-12-14-16-18-20-22-24-26-28-30-32-34-39(42)44-37-36-41(3)38-45-40(43)35-33-31-29-27-25-23-21-19-17-15-13-11-9-7-5-2/h18-21H,4-17,22-38H2,1-3H3/b20-18-,21-19-. The second kappa shape index (κ2) is 36.8. The highest BCUT2D eigenvalue weighted by Gasteiger charge is 2.07. The molecule has 45 heavy (non-hydrogen) atoms. The van der Waals surface area contributed by atoms with Gasteiger partial charge in [-0.25, -0.2) is 0 Å². The van der Waals surface area contributed by atoms with Crippen molar-refractivity contribution < 1.29 is 19.1 Å². The van der Waals surface area contributed by atoms with Gasteiger partial charge in [0, 0.05) is 19.4 Å². The Labute approximate surface area is 280 Å². The highest BCUT2D eigenvalue weighted by molar-refractivity contribution is 5.69. The van der Waals surface area contributed by atoms with E-state index in [2.05, 4.69) is 38.2 Å². The Kier molecular flexibility index (Phi) is 35.5. The van der Waals surface area contributed by atoms with Crippen LogP contribution in [0.2, 0.25) is 0 Å². The lowest BCUT2D eigenvalue weighted by molar-refractivity contribution is -0.150. The van der Waals surface area contributed by atoms with Gasteiger partial charge in [-0.15, -0.1) is 0 Å². The molecular weight excluding hydrogens is 558 g/mol. The van der Waals surface area contributed by atoms with Crippen molar-refractivity contribution in [3.8, 4) is 0 Å². The number of esters is 2. The number of unbranched alkanes of at least 4 members (excludes halogenated alkanes) is 22. The molecule has 0 aromatic heterocycles. The van der Waals surface area contributed by atoms with Crippen LogP contribution in [0, 0.1) is 0 Å². The average Bonchev–Trinajstić information content (AvgIpc) is 3.03. The Morgan fingerprint density at radius 1 is 0.467 bits per heavy atom. The van der Waals surface area contributed by atoms with Crippen molar-refractivity contribution in [2.45, 2.75) is 194 Å². The second-order valence-corrected chi connectivity index (χ2v) is 13.1. The minimum atomic E-state index is -0.138. The van der Waals surface area contributed by atoms with Gasteiger partial charge in [0.2, 0.25) is 0 Å². The Morgan fingerprint density at radius 2 is 0.800 bits per heavy atom. The molecule has 0 unspecified atom stereocenters. The zero-order valence-corrected chi connectivity index (χ0v) is 30.3. The maximum Gasteiger partial charge on any atom is 0.307 e. The quantitative estimate of drug-likeness (QED) is 0.0301. The van der Waals surface area contributed by atoms with E-state index in [1.54, 1.807) is 0 Å². The average molecular weight is 634 g/mol. The molecule has 0 fully saturated rings. The fourth-order valence-electron chi connectivity index (χ4n) is 5.39. The molecule has 0 aliphatic carbocycles. The molecule has 0 bridgehead atoms. The van der Waals surface area contributed by atoms with Crippen LogP contribution in [-0.4, -0.2) is 43.8 Å². The largest absolute Gasteiger partial charge is 0.464 e. The Bertz CT molecular complexity index is 690. The lowest BCUT2D eigenvalue weighted by Gasteiger charge is -2.16. The molecular formula is C40H75NO4. The Morgan fingerprint density at radius 3 is 1.20 bits per heavy atom. The maximum atomic E-state index is 12.0. The summed E-state index contributed by atoms with van der Waals surface area (Å²) in [6.45, 7) is 5.69. The maximum absolute atomic E-state index is 12.0. The molecule has 0 aliphatic rings. The molecule has 0 rings (SSSR count). The van der Waals surface area contributed by atoms with Gasteiger partial charge in [-0.3, -0.25) is 14.5 Å². The molecule has 0 saturated carbocycles. The van der Waals surface area contributed by atoms with Gasteiger partial charge in [-0.1, -0.05) is 141 Å². The molecule has 0 amide bonds. The number of likely N-dealkylation sites (N-methyl/N-ethyl adjacent to an activating group) is 1. The fourth-order valence-corrected chi connectivity index (χ4v) is 5.39. The summed E-state index contributed by atoms with van der Waals surface area (Å²) in [5, 5.41) is 0. The lowest BCUT2D eigenvalue weighted by atomic mass is 10.1. The minimum Gasteiger partial charge on any atom is -0.464 e. The van der Waals surface area contributed by atoms with Crippen LogP contribution >= 0.6 is 0 Å². The van der Waals surface area contributed by atoms with Crippen LogP contribution in [0.15, 0.2) is 24.3 Å². The molecule has 0 N–H and O–H groups in total. The number of allylic oxidation sites excluding steroid dienone is 4. The van der Waals surface area contributed by atoms with Crippen LogP contribution in [0.1, 0.15) is 194 Å². The van der Waals surface area contributed by atoms with Crippen molar-refractivity contribution in [1.29, 1.82) is 0 Å². The number of carbonyl (C=O) groups excluding carboxylic acids is 2. The van der Waals surface area contributed by atoms with Crippen molar-refractivity contribution >= 4 is 11.9 Å². The van der Waals surface area contributed by atoms with Crippen molar-refractivity contribution in [3.05, 3.63) is 24.3 Å². The number of hydrogen-bond donors (Lipinski definition) is 0. The predicted octanol–water partition coefficient (Wildman–Crippen LogP) is 12.0. The molecule has 0 heterocycles. The zero-order chi connectivity index (χ0) is 32.9. The van der Waals surface area contributed by atoms with E-state index in [1.807, 2.05) is 11.9 Å². The summed E-state index contributed by atoms with van der Waals surface area (Å²) in [5.41, 5.74) is 0. The van der Waals surface area contributed by atoms with Gasteiger partial charge >= 0.3 is 11.9 Å². The van der Waals surface area contributed by atoms with Crippen molar-refractivity contribution in [1.82, 2.24) is 4.90 Å². The van der Waals surface area contributed by atoms with E-state index in [9.17, 15) is 9.59 Å². The summed E-state index contributed by atoms with van der Waals surface area (Å²) in [5.74, 6) is -0.261. The molecule has 0 aliphatic heterocycles. The number of hydrogen-bond acceptors (Lipinski definition) is 5. The normalized spacial score (nSPS) is 11.7. The van der Waals surface area contributed by atoms with Gasteiger partial charge in [-0.2, -0.15) is 0 Å². The summed E-state index contributed by atoms with van der Waals surface area (Å²) >= 11 is 0. The van der Waals surface area contributed by atoms with Crippen molar-refractivity contribution in [2.75, 3.05) is 26.9 Å². The first-order chi connectivity index (χ1) is 22.1. The number of rotatable bonds is 35. The van der Waals surface area contributed by atoms with Crippen molar-refractivity contribution in [2.24, 2.45) is 0 Å². The van der Waals surface area contributed by atoms with Crippen LogP contribution in [0.5, 0.6) is 0 Å². The summed E-state index contributed by atoms with van der Waals surface area (Å²) in [6.07, 6.45) is 42.9. The van der Waals surface area contributed by atoms with Gasteiger partial charge in [0.25, 0.3) is 0 Å². The van der Waals surface area contributed by atoms with Gasteiger partial charge in [-0.05, 0) is 71.3 Å². The third-order valence-electron chi connectivity index (χ3n) is 8.47. The number of nitrogens with zero attached hydrogens (tertiary/aromatic N) is 1. The summed E-state index contributed by atoms with van der Waals surface area (Å²) < 4.78 is 10.7. The van der Waals surface area contributed by atoms with E-state index < -0.39 is 0 Å². The van der Waals surface area contributed by atoms with E-state index in [0.29, 0.717) is 26.0 Å². The minimum absolute atomic E-state index is 0.123. The molecule has 5 nitrogen and oxygen atoms in total. The van der Waals surface area contributed by atoms with Gasteiger partial charge in [0.15, 0.2) is 0 Å². The molecule has 0 aromatic rings. The Hall–Kier alpha value is -1.62. The van der Waals surface area contributed by atoms with Gasteiger partial charge in [0.1, 0.15) is 13.3 Å². The summed E-state index contributed by atoms with van der Waals surface area (Å²) in [4.78, 5) is 25.9. The summed E-state index contributed by atoms with van der Waals surface area (Å²) in [7, 11) is 1.88. The van der Waals surface area contributed by atoms with Crippen LogP contribution in [0.25, 0.3) is 0 Å². The molecule has 264 valence electrons. The monoisotopic (exact) mass is 634 g/mol. The van der Waals surface area contributed by atoms with E-state index in [4.69, 9.17) is 9.47 Å². The molecule has 0 atom stereocenters.